The first kappa shape index (κ1) is 33.8. The highest BCUT2D eigenvalue weighted by atomic mass is 16.4. The average Bonchev–Trinajstić information content (AvgIpc) is 2.79. The quantitative estimate of drug-likeness (QED) is 0.117. The van der Waals surface area contributed by atoms with Crippen LogP contribution >= 0.6 is 0 Å². The highest BCUT2D eigenvalue weighted by molar-refractivity contribution is 5.67. The van der Waals surface area contributed by atoms with Crippen molar-refractivity contribution in [2.24, 2.45) is 0 Å². The second-order valence-electron chi connectivity index (χ2n) is 9.50. The lowest BCUT2D eigenvalue weighted by atomic mass is 10.1. The summed E-state index contributed by atoms with van der Waals surface area (Å²) in [6.45, 7) is 5.24. The van der Waals surface area contributed by atoms with Crippen LogP contribution in [0, 0.1) is 0 Å². The Morgan fingerprint density at radius 3 is 0.750 bits per heavy atom. The topological polar surface area (TPSA) is 156 Å². The lowest BCUT2D eigenvalue weighted by Crippen LogP contribution is -2.37. The monoisotopic (exact) mass is 516 g/mol. The molecule has 0 aromatic carbocycles. The first-order chi connectivity index (χ1) is 17.2. The molecular weight excluding hydrogens is 468 g/mol. The molecule has 0 aliphatic carbocycles. The fourth-order valence-electron chi connectivity index (χ4n) is 4.11. The van der Waals surface area contributed by atoms with Crippen LogP contribution in [0.25, 0.3) is 0 Å². The van der Waals surface area contributed by atoms with Gasteiger partial charge in [-0.1, -0.05) is 25.7 Å². The highest BCUT2D eigenvalue weighted by Crippen LogP contribution is 2.09. The van der Waals surface area contributed by atoms with Crippen LogP contribution in [0.2, 0.25) is 0 Å². The summed E-state index contributed by atoms with van der Waals surface area (Å²) in [5, 5.41) is 35.3. The van der Waals surface area contributed by atoms with Gasteiger partial charge in [-0.05, 0) is 77.5 Å². The smallest absolute Gasteiger partial charge is 0.303 e. The van der Waals surface area contributed by atoms with Gasteiger partial charge < -0.3 is 30.2 Å². The molecule has 210 valence electrons. The molecule has 0 aromatic heterocycles. The van der Waals surface area contributed by atoms with Gasteiger partial charge in [0.25, 0.3) is 0 Å². The molecule has 4 N–H and O–H groups in total. The maximum Gasteiger partial charge on any atom is 0.303 e. The molecule has 0 heterocycles. The zero-order chi connectivity index (χ0) is 27.0. The maximum atomic E-state index is 10.7. The van der Waals surface area contributed by atoms with Gasteiger partial charge in [-0.25, -0.2) is 0 Å². The van der Waals surface area contributed by atoms with E-state index in [-0.39, 0.29) is 25.7 Å². The number of nitrogens with zero attached hydrogens (tertiary/aromatic N) is 2. The number of aliphatic carboxylic acids is 4. The molecule has 0 spiro atoms. The van der Waals surface area contributed by atoms with E-state index in [9.17, 15) is 19.2 Å². The molecule has 0 bridgehead atoms. The third-order valence-corrected chi connectivity index (χ3v) is 6.19. The van der Waals surface area contributed by atoms with Crippen LogP contribution in [0.15, 0.2) is 0 Å². The van der Waals surface area contributed by atoms with Crippen LogP contribution < -0.4 is 0 Å². The van der Waals surface area contributed by atoms with Gasteiger partial charge in [0.15, 0.2) is 0 Å². The summed E-state index contributed by atoms with van der Waals surface area (Å²) in [5.74, 6) is -3.08. The van der Waals surface area contributed by atoms with Gasteiger partial charge in [-0.3, -0.25) is 19.2 Å². The van der Waals surface area contributed by atoms with E-state index in [1.165, 1.54) is 0 Å². The minimum Gasteiger partial charge on any atom is -0.481 e. The molecule has 0 aliphatic rings. The maximum absolute atomic E-state index is 10.7. The second kappa shape index (κ2) is 23.2. The van der Waals surface area contributed by atoms with Crippen molar-refractivity contribution in [3.8, 4) is 0 Å². The van der Waals surface area contributed by atoms with E-state index in [2.05, 4.69) is 9.80 Å². The summed E-state index contributed by atoms with van der Waals surface area (Å²) < 4.78 is 0. The molecule has 36 heavy (non-hydrogen) atoms. The van der Waals surface area contributed by atoms with Crippen molar-refractivity contribution in [1.82, 2.24) is 9.80 Å². The van der Waals surface area contributed by atoms with E-state index in [1.54, 1.807) is 0 Å². The Morgan fingerprint density at radius 1 is 0.333 bits per heavy atom. The Labute approximate surface area is 215 Å². The molecule has 0 saturated carbocycles. The fraction of sp³-hybridized carbons (Fsp3) is 0.846. The highest BCUT2D eigenvalue weighted by Gasteiger charge is 2.11. The molecule has 10 heteroatoms. The predicted octanol–water partition coefficient (Wildman–Crippen LogP) is 4.17. The molecule has 0 saturated heterocycles. The number of carboxylic acid groups (broad SMARTS) is 4. The minimum absolute atomic E-state index is 0.187. The third-order valence-electron chi connectivity index (χ3n) is 6.19. The molecule has 0 amide bonds. The Hall–Kier alpha value is -2.20. The summed E-state index contributed by atoms with van der Waals surface area (Å²) in [7, 11) is 0. The van der Waals surface area contributed by atoms with Crippen LogP contribution in [0.5, 0.6) is 0 Å². The van der Waals surface area contributed by atoms with Crippen LogP contribution in [0.4, 0.5) is 0 Å². The fourth-order valence-corrected chi connectivity index (χ4v) is 4.11. The summed E-state index contributed by atoms with van der Waals surface area (Å²) in [6, 6.07) is 0. The van der Waals surface area contributed by atoms with Gasteiger partial charge in [0.1, 0.15) is 0 Å². The van der Waals surface area contributed by atoms with Gasteiger partial charge in [0, 0.05) is 38.8 Å². The van der Waals surface area contributed by atoms with E-state index < -0.39 is 23.9 Å². The Kier molecular flexibility index (Phi) is 21.8. The molecule has 0 atom stereocenters. The summed E-state index contributed by atoms with van der Waals surface area (Å²) in [4.78, 5) is 47.7. The van der Waals surface area contributed by atoms with Gasteiger partial charge in [0.05, 0.1) is 0 Å². The number of hydrogen-bond donors (Lipinski definition) is 4. The number of unbranched alkanes of at least 4 members (excludes halogenated alkanes) is 8. The predicted molar refractivity (Wildman–Crippen MR) is 137 cm³/mol. The third kappa shape index (κ3) is 24.9. The van der Waals surface area contributed by atoms with Crippen molar-refractivity contribution in [1.29, 1.82) is 0 Å². The molecule has 0 aromatic rings. The number of rotatable bonds is 27. The van der Waals surface area contributed by atoms with Gasteiger partial charge in [-0.15, -0.1) is 0 Å². The van der Waals surface area contributed by atoms with Crippen molar-refractivity contribution in [3.63, 3.8) is 0 Å². The second-order valence-corrected chi connectivity index (χ2v) is 9.50. The van der Waals surface area contributed by atoms with Crippen molar-refractivity contribution in [2.75, 3.05) is 39.3 Å². The standard InChI is InChI=1S/C26H48N2O8/c29-23(30)13-5-1-9-17-27(18-10-2-6-14-24(31)32)21-22-28(19-11-3-7-15-25(33)34)20-12-4-8-16-26(35)36/h1-22H2,(H,29,30)(H,31,32)(H,33,34)(H,35,36). The van der Waals surface area contributed by atoms with Gasteiger partial charge >= 0.3 is 23.9 Å². The Balaban J connectivity index is 4.65. The van der Waals surface area contributed by atoms with E-state index in [0.29, 0.717) is 25.7 Å². The van der Waals surface area contributed by atoms with Crippen molar-refractivity contribution >= 4 is 23.9 Å². The van der Waals surface area contributed by atoms with Crippen LogP contribution in [0.1, 0.15) is 103 Å². The molecule has 0 aliphatic heterocycles. The average molecular weight is 517 g/mol. The van der Waals surface area contributed by atoms with E-state index in [0.717, 1.165) is 90.6 Å². The molecular formula is C26H48N2O8. The summed E-state index contributed by atoms with van der Waals surface area (Å²) >= 11 is 0. The van der Waals surface area contributed by atoms with Crippen molar-refractivity contribution in [3.05, 3.63) is 0 Å². The molecule has 0 unspecified atom stereocenters. The SMILES string of the molecule is O=C(O)CCCCCN(CCCCCC(=O)O)CCN(CCCCCC(=O)O)CCCCCC(=O)O. The molecule has 0 fully saturated rings. The lowest BCUT2D eigenvalue weighted by molar-refractivity contribution is -0.138. The van der Waals surface area contributed by atoms with Gasteiger partial charge in [0.2, 0.25) is 0 Å². The summed E-state index contributed by atoms with van der Waals surface area (Å²) in [6.07, 6.45) is 10.6. The molecule has 0 radical (unpaired) electrons. The minimum atomic E-state index is -0.771. The van der Waals surface area contributed by atoms with E-state index in [1.807, 2.05) is 0 Å². The number of carbonyl (C=O) groups is 4. The Morgan fingerprint density at radius 2 is 0.556 bits per heavy atom. The largest absolute Gasteiger partial charge is 0.481 e. The number of hydrogen-bond acceptors (Lipinski definition) is 6. The van der Waals surface area contributed by atoms with Crippen LogP contribution in [-0.4, -0.2) is 93.4 Å². The first-order valence-corrected chi connectivity index (χ1v) is 13.5. The zero-order valence-electron chi connectivity index (χ0n) is 21.9. The normalized spacial score (nSPS) is 11.3. The lowest BCUT2D eigenvalue weighted by Gasteiger charge is -2.28. The van der Waals surface area contributed by atoms with Gasteiger partial charge in [-0.2, -0.15) is 0 Å². The first-order valence-electron chi connectivity index (χ1n) is 13.5. The van der Waals surface area contributed by atoms with Crippen LogP contribution in [0.3, 0.4) is 0 Å². The van der Waals surface area contributed by atoms with E-state index in [4.69, 9.17) is 20.4 Å². The number of carboxylic acids is 4. The molecule has 0 rings (SSSR count). The Bertz CT molecular complexity index is 515. The zero-order valence-corrected chi connectivity index (χ0v) is 21.9. The molecule has 10 nitrogen and oxygen atoms in total. The van der Waals surface area contributed by atoms with Crippen molar-refractivity contribution in [2.45, 2.75) is 103 Å². The van der Waals surface area contributed by atoms with E-state index >= 15 is 0 Å². The van der Waals surface area contributed by atoms with Crippen molar-refractivity contribution < 1.29 is 39.6 Å². The van der Waals surface area contributed by atoms with Crippen LogP contribution in [-0.2, 0) is 19.2 Å². The summed E-state index contributed by atoms with van der Waals surface area (Å²) in [5.41, 5.74) is 0.